The summed E-state index contributed by atoms with van der Waals surface area (Å²) in [4.78, 5) is 19.3. The average Bonchev–Trinajstić information content (AvgIpc) is 2.85. The Hall–Kier alpha value is -1.33. The molecule has 1 aliphatic carbocycles. The molecule has 0 unspecified atom stereocenters. The van der Waals surface area contributed by atoms with Gasteiger partial charge in [-0.3, -0.25) is 9.55 Å². The number of hydrogen-bond acceptors (Lipinski definition) is 3. The Kier molecular flexibility index (Phi) is 4.84. The fourth-order valence-electron chi connectivity index (χ4n) is 3.37. The van der Waals surface area contributed by atoms with E-state index < -0.39 is 0 Å². The number of nitrogens with zero attached hydrogens (tertiary/aromatic N) is 2. The number of hydrogen-bond donors (Lipinski definition) is 2. The Morgan fingerprint density at radius 1 is 1.45 bits per heavy atom. The molecule has 0 spiro atoms. The summed E-state index contributed by atoms with van der Waals surface area (Å²) in [5.41, 5.74) is 1.28. The van der Waals surface area contributed by atoms with Gasteiger partial charge in [0.25, 0.3) is 0 Å². The Bertz CT molecular complexity index is 687. The first kappa shape index (κ1) is 15.6. The van der Waals surface area contributed by atoms with Gasteiger partial charge in [0, 0.05) is 18.8 Å². The van der Waals surface area contributed by atoms with E-state index in [1.807, 2.05) is 6.07 Å². The molecule has 1 atom stereocenters. The van der Waals surface area contributed by atoms with E-state index in [9.17, 15) is 4.79 Å². The molecule has 2 aromatic heterocycles. The first-order valence-corrected chi connectivity index (χ1v) is 8.56. The van der Waals surface area contributed by atoms with Crippen LogP contribution in [0.5, 0.6) is 0 Å². The molecule has 22 heavy (non-hydrogen) atoms. The molecule has 0 saturated heterocycles. The van der Waals surface area contributed by atoms with Crippen molar-refractivity contribution in [1.82, 2.24) is 19.9 Å². The third-order valence-corrected chi connectivity index (χ3v) is 4.83. The fourth-order valence-corrected chi connectivity index (χ4v) is 3.52. The maximum Gasteiger partial charge on any atom is 0.327 e. The van der Waals surface area contributed by atoms with E-state index in [2.05, 4.69) is 22.2 Å². The molecule has 1 saturated carbocycles. The van der Waals surface area contributed by atoms with Crippen molar-refractivity contribution in [1.29, 1.82) is 0 Å². The molecular formula is C16H23ClN4O. The summed E-state index contributed by atoms with van der Waals surface area (Å²) in [5, 5.41) is 4.19. The molecular weight excluding hydrogens is 300 g/mol. The summed E-state index contributed by atoms with van der Waals surface area (Å²) in [6.07, 6.45) is 8.90. The monoisotopic (exact) mass is 322 g/mol. The molecule has 6 heteroatoms. The first-order chi connectivity index (χ1) is 10.7. The Labute approximate surface area is 135 Å². The van der Waals surface area contributed by atoms with Gasteiger partial charge in [-0.05, 0) is 25.3 Å². The number of aromatic amines is 1. The highest BCUT2D eigenvalue weighted by molar-refractivity contribution is 6.31. The summed E-state index contributed by atoms with van der Waals surface area (Å²) >= 11 is 6.04. The molecule has 5 nitrogen and oxygen atoms in total. The molecule has 120 valence electrons. The van der Waals surface area contributed by atoms with Gasteiger partial charge < -0.3 is 5.32 Å². The van der Waals surface area contributed by atoms with E-state index in [1.165, 1.54) is 32.1 Å². The molecule has 2 aromatic rings. The fraction of sp³-hybridized carbons (Fsp3) is 0.625. The molecule has 0 radical (unpaired) electrons. The largest absolute Gasteiger partial charge is 0.327 e. The Morgan fingerprint density at radius 3 is 2.95 bits per heavy atom. The van der Waals surface area contributed by atoms with Crippen molar-refractivity contribution in [2.24, 2.45) is 0 Å². The number of H-pyrrole nitrogens is 1. The van der Waals surface area contributed by atoms with Crippen molar-refractivity contribution < 1.29 is 0 Å². The molecule has 0 aliphatic heterocycles. The highest BCUT2D eigenvalue weighted by Crippen LogP contribution is 2.21. The van der Waals surface area contributed by atoms with Crippen molar-refractivity contribution in [3.05, 3.63) is 27.8 Å². The number of rotatable bonds is 5. The van der Waals surface area contributed by atoms with Crippen LogP contribution in [0.4, 0.5) is 0 Å². The second kappa shape index (κ2) is 6.84. The molecule has 0 amide bonds. The highest BCUT2D eigenvalue weighted by Gasteiger charge is 2.19. The van der Waals surface area contributed by atoms with Crippen LogP contribution < -0.4 is 11.0 Å². The van der Waals surface area contributed by atoms with Gasteiger partial charge >= 0.3 is 5.69 Å². The SMILES string of the molecule is CC[C@H](CNC1CCCCC1)n1c(=O)[nH]c2ncc(Cl)cc21. The minimum atomic E-state index is -0.109. The lowest BCUT2D eigenvalue weighted by Gasteiger charge is -2.26. The van der Waals surface area contributed by atoms with Crippen LogP contribution in [0.25, 0.3) is 11.2 Å². The second-order valence-corrected chi connectivity index (χ2v) is 6.56. The summed E-state index contributed by atoms with van der Waals surface area (Å²) in [6.45, 7) is 2.91. The maximum atomic E-state index is 12.3. The number of nitrogens with one attached hydrogen (secondary N) is 2. The smallest absolute Gasteiger partial charge is 0.312 e. The normalized spacial score (nSPS) is 17.9. The lowest BCUT2D eigenvalue weighted by molar-refractivity contribution is 0.341. The Balaban J connectivity index is 1.82. The van der Waals surface area contributed by atoms with Crippen LogP contribution in [0.15, 0.2) is 17.1 Å². The second-order valence-electron chi connectivity index (χ2n) is 6.13. The number of pyridine rings is 1. The predicted molar refractivity (Wildman–Crippen MR) is 89.6 cm³/mol. The minimum Gasteiger partial charge on any atom is -0.312 e. The zero-order valence-electron chi connectivity index (χ0n) is 12.9. The van der Waals surface area contributed by atoms with Crippen LogP contribution in [-0.4, -0.2) is 27.1 Å². The number of imidazole rings is 1. The van der Waals surface area contributed by atoms with Gasteiger partial charge in [-0.25, -0.2) is 9.78 Å². The first-order valence-electron chi connectivity index (χ1n) is 8.18. The van der Waals surface area contributed by atoms with Crippen molar-refractivity contribution in [3.8, 4) is 0 Å². The zero-order chi connectivity index (χ0) is 15.5. The number of halogens is 1. The van der Waals surface area contributed by atoms with Crippen molar-refractivity contribution in [2.75, 3.05) is 6.54 Å². The van der Waals surface area contributed by atoms with Crippen LogP contribution in [0.2, 0.25) is 5.02 Å². The van der Waals surface area contributed by atoms with E-state index in [1.54, 1.807) is 10.8 Å². The quantitative estimate of drug-likeness (QED) is 0.888. The summed E-state index contributed by atoms with van der Waals surface area (Å²) in [5.74, 6) is 0. The van der Waals surface area contributed by atoms with E-state index >= 15 is 0 Å². The van der Waals surface area contributed by atoms with Gasteiger partial charge in [-0.15, -0.1) is 0 Å². The molecule has 2 heterocycles. The van der Waals surface area contributed by atoms with Crippen molar-refractivity contribution in [3.63, 3.8) is 0 Å². The van der Waals surface area contributed by atoms with E-state index in [0.717, 1.165) is 18.5 Å². The van der Waals surface area contributed by atoms with Crippen LogP contribution in [0.3, 0.4) is 0 Å². The van der Waals surface area contributed by atoms with Gasteiger partial charge in [0.05, 0.1) is 16.6 Å². The third kappa shape index (κ3) is 3.20. The molecule has 2 N–H and O–H groups in total. The van der Waals surface area contributed by atoms with Crippen molar-refractivity contribution in [2.45, 2.75) is 57.5 Å². The minimum absolute atomic E-state index is 0.109. The van der Waals surface area contributed by atoms with Gasteiger partial charge in [0.1, 0.15) is 0 Å². The van der Waals surface area contributed by atoms with Gasteiger partial charge in [-0.2, -0.15) is 0 Å². The third-order valence-electron chi connectivity index (χ3n) is 4.62. The van der Waals surface area contributed by atoms with Crippen LogP contribution >= 0.6 is 11.6 Å². The number of fused-ring (bicyclic) bond motifs is 1. The van der Waals surface area contributed by atoms with E-state index in [4.69, 9.17) is 11.6 Å². The average molecular weight is 323 g/mol. The van der Waals surface area contributed by atoms with E-state index in [0.29, 0.717) is 16.7 Å². The van der Waals surface area contributed by atoms with Crippen LogP contribution in [0, 0.1) is 0 Å². The highest BCUT2D eigenvalue weighted by atomic mass is 35.5. The van der Waals surface area contributed by atoms with Gasteiger partial charge in [0.15, 0.2) is 5.65 Å². The number of aromatic nitrogens is 3. The molecule has 0 aromatic carbocycles. The lowest BCUT2D eigenvalue weighted by Crippen LogP contribution is -2.37. The molecule has 0 bridgehead atoms. The topological polar surface area (TPSA) is 62.7 Å². The lowest BCUT2D eigenvalue weighted by atomic mass is 9.95. The predicted octanol–water partition coefficient (Wildman–Crippen LogP) is 3.25. The van der Waals surface area contributed by atoms with Gasteiger partial charge in [-0.1, -0.05) is 37.8 Å². The summed E-state index contributed by atoms with van der Waals surface area (Å²) in [6, 6.07) is 2.51. The summed E-state index contributed by atoms with van der Waals surface area (Å²) < 4.78 is 1.80. The van der Waals surface area contributed by atoms with Gasteiger partial charge in [0.2, 0.25) is 0 Å². The molecule has 1 fully saturated rings. The van der Waals surface area contributed by atoms with Crippen molar-refractivity contribution >= 4 is 22.8 Å². The zero-order valence-corrected chi connectivity index (χ0v) is 13.7. The van der Waals surface area contributed by atoms with Crippen LogP contribution in [-0.2, 0) is 0 Å². The molecule has 1 aliphatic rings. The maximum absolute atomic E-state index is 12.3. The Morgan fingerprint density at radius 2 is 2.23 bits per heavy atom. The standard InChI is InChI=1S/C16H23ClN4O/c1-2-13(10-18-12-6-4-3-5-7-12)21-14-8-11(17)9-19-15(14)20-16(21)22/h8-9,12-13,18H,2-7,10H2,1H3,(H,19,20,22)/t13-/m1/s1. The van der Waals surface area contributed by atoms with E-state index in [-0.39, 0.29) is 11.7 Å². The summed E-state index contributed by atoms with van der Waals surface area (Å²) in [7, 11) is 0. The molecule has 3 rings (SSSR count). The van der Waals surface area contributed by atoms with Crippen LogP contribution in [0.1, 0.15) is 51.5 Å².